The van der Waals surface area contributed by atoms with Gasteiger partial charge in [0.25, 0.3) is 0 Å². The van der Waals surface area contributed by atoms with Crippen molar-refractivity contribution in [3.05, 3.63) is 36.0 Å². The highest BCUT2D eigenvalue weighted by atomic mass is 16.4. The monoisotopic (exact) mass is 341 g/mol. The van der Waals surface area contributed by atoms with Crippen LogP contribution in [-0.4, -0.2) is 45.1 Å². The van der Waals surface area contributed by atoms with Gasteiger partial charge in [0, 0.05) is 29.1 Å². The molecule has 132 valence electrons. The number of hydrogen-bond donors (Lipinski definition) is 3. The fourth-order valence-corrected chi connectivity index (χ4v) is 2.95. The molecule has 0 aliphatic carbocycles. The average molecular weight is 341 g/mol. The number of aromatic amines is 1. The number of nitrogens with one attached hydrogen (secondary N) is 2. The van der Waals surface area contributed by atoms with Gasteiger partial charge in [-0.25, -0.2) is 4.79 Å². The van der Waals surface area contributed by atoms with E-state index in [0.29, 0.717) is 0 Å². The highest BCUT2D eigenvalue weighted by Gasteiger charge is 2.37. The van der Waals surface area contributed by atoms with Crippen LogP contribution in [0.3, 0.4) is 0 Å². The number of terminal acetylenes is 1. The van der Waals surface area contributed by atoms with Crippen LogP contribution in [0.15, 0.2) is 30.5 Å². The van der Waals surface area contributed by atoms with E-state index in [9.17, 15) is 14.7 Å². The lowest BCUT2D eigenvalue weighted by atomic mass is 9.97. The van der Waals surface area contributed by atoms with E-state index in [2.05, 4.69) is 16.2 Å². The number of carbonyl (C=O) groups is 2. The van der Waals surface area contributed by atoms with Gasteiger partial charge >= 0.3 is 6.09 Å². The van der Waals surface area contributed by atoms with E-state index in [4.69, 9.17) is 6.42 Å². The zero-order chi connectivity index (χ0) is 18.6. The van der Waals surface area contributed by atoms with E-state index >= 15 is 0 Å². The molecule has 1 atom stereocenters. The molecule has 2 aromatic rings. The molecule has 3 N–H and O–H groups in total. The van der Waals surface area contributed by atoms with Crippen molar-refractivity contribution in [2.75, 3.05) is 6.54 Å². The molecule has 1 aromatic carbocycles. The quantitative estimate of drug-likeness (QED) is 0.731. The van der Waals surface area contributed by atoms with Crippen molar-refractivity contribution in [3.63, 3.8) is 0 Å². The highest BCUT2D eigenvalue weighted by Crippen LogP contribution is 2.24. The molecule has 1 heterocycles. The summed E-state index contributed by atoms with van der Waals surface area (Å²) in [6.45, 7) is 5.34. The Labute approximate surface area is 147 Å². The lowest BCUT2D eigenvalue weighted by molar-refractivity contribution is -0.127. The summed E-state index contributed by atoms with van der Waals surface area (Å²) < 4.78 is 0. The SMILES string of the molecule is C#CCNC(=O)[C@@H](Cc1c[nH]c2ccccc12)N(C(=O)O)C(C)(C)C. The number of benzene rings is 1. The fourth-order valence-electron chi connectivity index (χ4n) is 2.95. The van der Waals surface area contributed by atoms with Crippen molar-refractivity contribution in [1.82, 2.24) is 15.2 Å². The molecule has 0 aliphatic rings. The topological polar surface area (TPSA) is 85.4 Å². The first-order chi connectivity index (χ1) is 11.8. The first-order valence-electron chi connectivity index (χ1n) is 8.04. The summed E-state index contributed by atoms with van der Waals surface area (Å²) in [5.41, 5.74) is 1.08. The maximum atomic E-state index is 12.6. The second-order valence-electron chi connectivity index (χ2n) is 6.82. The van der Waals surface area contributed by atoms with Crippen LogP contribution in [0.25, 0.3) is 10.9 Å². The summed E-state index contributed by atoms with van der Waals surface area (Å²) in [5.74, 6) is 1.94. The van der Waals surface area contributed by atoms with Gasteiger partial charge in [-0.1, -0.05) is 24.1 Å². The number of rotatable bonds is 5. The number of fused-ring (bicyclic) bond motifs is 1. The van der Waals surface area contributed by atoms with Gasteiger partial charge in [-0.15, -0.1) is 6.42 Å². The summed E-state index contributed by atoms with van der Waals surface area (Å²) in [6, 6.07) is 6.82. The smallest absolute Gasteiger partial charge is 0.408 e. The Bertz CT molecular complexity index is 811. The Morgan fingerprint density at radius 3 is 2.64 bits per heavy atom. The van der Waals surface area contributed by atoms with Crippen LogP contribution >= 0.6 is 0 Å². The molecule has 0 fully saturated rings. The Morgan fingerprint density at radius 2 is 2.04 bits per heavy atom. The van der Waals surface area contributed by atoms with Crippen LogP contribution in [0.5, 0.6) is 0 Å². The number of hydrogen-bond acceptors (Lipinski definition) is 2. The summed E-state index contributed by atoms with van der Waals surface area (Å²) >= 11 is 0. The van der Waals surface area contributed by atoms with Crippen LogP contribution in [0.2, 0.25) is 0 Å². The largest absolute Gasteiger partial charge is 0.465 e. The molecule has 0 unspecified atom stereocenters. The molecule has 2 amide bonds. The second-order valence-corrected chi connectivity index (χ2v) is 6.82. The molecule has 0 spiro atoms. The predicted octanol–water partition coefficient (Wildman–Crippen LogP) is 2.61. The van der Waals surface area contributed by atoms with Crippen LogP contribution in [0, 0.1) is 12.3 Å². The Kier molecular flexibility index (Phi) is 5.38. The summed E-state index contributed by atoms with van der Waals surface area (Å²) in [4.78, 5) is 28.8. The third-order valence-corrected chi connectivity index (χ3v) is 4.00. The van der Waals surface area contributed by atoms with Crippen LogP contribution in [0.1, 0.15) is 26.3 Å². The number of carbonyl (C=O) groups excluding carboxylic acids is 1. The third-order valence-electron chi connectivity index (χ3n) is 4.00. The maximum absolute atomic E-state index is 12.6. The van der Waals surface area contributed by atoms with Crippen molar-refractivity contribution in [3.8, 4) is 12.3 Å². The van der Waals surface area contributed by atoms with Gasteiger partial charge in [-0.05, 0) is 32.4 Å². The lowest BCUT2D eigenvalue weighted by Gasteiger charge is -2.38. The standard InChI is InChI=1S/C19H23N3O3/c1-5-10-20-17(23)16(22(18(24)25)19(2,3)4)11-13-12-21-15-9-7-6-8-14(13)15/h1,6-9,12,16,21H,10-11H2,2-4H3,(H,20,23)(H,24,25)/t16-/m1/s1. The number of H-pyrrole nitrogens is 1. The molecule has 1 aromatic heterocycles. The van der Waals surface area contributed by atoms with Crippen molar-refractivity contribution in [1.29, 1.82) is 0 Å². The Hall–Kier alpha value is -2.94. The third kappa shape index (κ3) is 4.13. The van der Waals surface area contributed by atoms with Gasteiger partial charge in [-0.3, -0.25) is 9.69 Å². The minimum absolute atomic E-state index is 0.0564. The minimum Gasteiger partial charge on any atom is -0.465 e. The van der Waals surface area contributed by atoms with E-state index in [1.54, 1.807) is 20.8 Å². The molecule has 25 heavy (non-hydrogen) atoms. The fraction of sp³-hybridized carbons (Fsp3) is 0.368. The maximum Gasteiger partial charge on any atom is 0.408 e. The van der Waals surface area contributed by atoms with E-state index < -0.39 is 23.6 Å². The van der Waals surface area contributed by atoms with Gasteiger partial charge in [-0.2, -0.15) is 0 Å². The summed E-state index contributed by atoms with van der Waals surface area (Å²) in [7, 11) is 0. The lowest BCUT2D eigenvalue weighted by Crippen LogP contribution is -2.57. The van der Waals surface area contributed by atoms with E-state index in [1.165, 1.54) is 4.90 Å². The van der Waals surface area contributed by atoms with Gasteiger partial charge in [0.15, 0.2) is 0 Å². The normalized spacial score (nSPS) is 12.4. The Morgan fingerprint density at radius 1 is 1.36 bits per heavy atom. The van der Waals surface area contributed by atoms with Gasteiger partial charge in [0.2, 0.25) is 5.91 Å². The van der Waals surface area contributed by atoms with E-state index in [0.717, 1.165) is 16.5 Å². The Balaban J connectivity index is 2.42. The van der Waals surface area contributed by atoms with E-state index in [-0.39, 0.29) is 13.0 Å². The van der Waals surface area contributed by atoms with Gasteiger partial charge in [0.05, 0.1) is 6.54 Å². The molecule has 2 rings (SSSR count). The van der Waals surface area contributed by atoms with Crippen molar-refractivity contribution in [2.24, 2.45) is 0 Å². The number of carboxylic acid groups (broad SMARTS) is 1. The number of nitrogens with zero attached hydrogens (tertiary/aromatic N) is 1. The number of amides is 2. The zero-order valence-corrected chi connectivity index (χ0v) is 14.7. The summed E-state index contributed by atoms with van der Waals surface area (Å²) in [6.07, 6.45) is 6.13. The predicted molar refractivity (Wildman–Crippen MR) is 97.3 cm³/mol. The van der Waals surface area contributed by atoms with Crippen LogP contribution in [0.4, 0.5) is 4.79 Å². The minimum atomic E-state index is -1.15. The van der Waals surface area contributed by atoms with Crippen molar-refractivity contribution < 1.29 is 14.7 Å². The molecule has 0 aliphatic heterocycles. The van der Waals surface area contributed by atoms with Gasteiger partial charge in [0.1, 0.15) is 6.04 Å². The van der Waals surface area contributed by atoms with Crippen molar-refractivity contribution >= 4 is 22.9 Å². The molecular formula is C19H23N3O3. The molecule has 0 bridgehead atoms. The first-order valence-corrected chi connectivity index (χ1v) is 8.04. The highest BCUT2D eigenvalue weighted by molar-refractivity contribution is 5.88. The number of aromatic nitrogens is 1. The molecular weight excluding hydrogens is 318 g/mol. The van der Waals surface area contributed by atoms with Crippen LogP contribution in [-0.2, 0) is 11.2 Å². The van der Waals surface area contributed by atoms with E-state index in [1.807, 2.05) is 30.5 Å². The molecule has 6 nitrogen and oxygen atoms in total. The molecule has 0 saturated heterocycles. The summed E-state index contributed by atoms with van der Waals surface area (Å²) in [5, 5.41) is 13.3. The number of para-hydroxylation sites is 1. The molecule has 6 heteroatoms. The van der Waals surface area contributed by atoms with Crippen LogP contribution < -0.4 is 5.32 Å². The molecule has 0 radical (unpaired) electrons. The van der Waals surface area contributed by atoms with Crippen molar-refractivity contribution in [2.45, 2.75) is 38.8 Å². The first kappa shape index (κ1) is 18.4. The second kappa shape index (κ2) is 7.31. The van der Waals surface area contributed by atoms with Gasteiger partial charge < -0.3 is 15.4 Å². The zero-order valence-electron chi connectivity index (χ0n) is 14.7. The average Bonchev–Trinajstić information content (AvgIpc) is 2.93. The molecule has 0 saturated carbocycles.